The first kappa shape index (κ1) is 18.9. The van der Waals surface area contributed by atoms with Gasteiger partial charge in [-0.25, -0.2) is 8.42 Å². The lowest BCUT2D eigenvalue weighted by Crippen LogP contribution is -2.53. The molecule has 3 aliphatic rings. The smallest absolute Gasteiger partial charge is 0.252 e. The van der Waals surface area contributed by atoms with Crippen LogP contribution in [0, 0.1) is 11.8 Å². The minimum Gasteiger partial charge on any atom is -0.339 e. The summed E-state index contributed by atoms with van der Waals surface area (Å²) in [7, 11) is -3.43. The lowest BCUT2D eigenvalue weighted by molar-refractivity contribution is -0.143. The molecule has 0 unspecified atom stereocenters. The van der Waals surface area contributed by atoms with Crippen LogP contribution in [0.25, 0.3) is 0 Å². The van der Waals surface area contributed by atoms with Crippen molar-refractivity contribution in [1.29, 1.82) is 0 Å². The molecule has 148 valence electrons. The number of hydrogen-bond donors (Lipinski definition) is 0. The number of hydrogen-bond acceptors (Lipinski definition) is 5. The molecule has 7 nitrogen and oxygen atoms in total. The molecule has 1 aromatic heterocycles. The Hall–Kier alpha value is -1.45. The van der Waals surface area contributed by atoms with Crippen molar-refractivity contribution in [2.75, 3.05) is 39.3 Å². The Morgan fingerprint density at radius 2 is 1.37 bits per heavy atom. The molecule has 0 aromatic carbocycles. The number of nitrogens with zero attached hydrogens (tertiary/aromatic N) is 3. The first-order valence-corrected chi connectivity index (χ1v) is 11.9. The molecule has 27 heavy (non-hydrogen) atoms. The van der Waals surface area contributed by atoms with Gasteiger partial charge in [-0.05, 0) is 37.1 Å². The molecular formula is C18H25N3O4S2. The number of piperazine rings is 1. The number of carbonyl (C=O) groups is 2. The van der Waals surface area contributed by atoms with Gasteiger partial charge in [0, 0.05) is 51.1 Å². The van der Waals surface area contributed by atoms with Crippen LogP contribution in [0.5, 0.6) is 0 Å². The van der Waals surface area contributed by atoms with E-state index in [9.17, 15) is 18.0 Å². The predicted octanol–water partition coefficient (Wildman–Crippen LogP) is 1.23. The quantitative estimate of drug-likeness (QED) is 0.747. The van der Waals surface area contributed by atoms with Crippen LogP contribution in [-0.2, 0) is 19.6 Å². The first-order chi connectivity index (χ1) is 13.0. The van der Waals surface area contributed by atoms with Crippen molar-refractivity contribution in [3.05, 3.63) is 17.5 Å². The maximum Gasteiger partial charge on any atom is 0.252 e. The van der Waals surface area contributed by atoms with Gasteiger partial charge in [-0.15, -0.1) is 11.3 Å². The molecule has 0 atom stereocenters. The van der Waals surface area contributed by atoms with Crippen molar-refractivity contribution in [2.45, 2.75) is 29.9 Å². The van der Waals surface area contributed by atoms with Crippen LogP contribution in [-0.4, -0.2) is 73.6 Å². The van der Waals surface area contributed by atoms with Crippen molar-refractivity contribution < 1.29 is 18.0 Å². The largest absolute Gasteiger partial charge is 0.339 e. The van der Waals surface area contributed by atoms with Gasteiger partial charge >= 0.3 is 0 Å². The molecule has 2 aliphatic heterocycles. The summed E-state index contributed by atoms with van der Waals surface area (Å²) < 4.78 is 27.0. The summed E-state index contributed by atoms with van der Waals surface area (Å²) in [6.07, 6.45) is 3.13. The number of amides is 2. The van der Waals surface area contributed by atoms with Gasteiger partial charge < -0.3 is 9.80 Å². The molecule has 1 saturated carbocycles. The highest BCUT2D eigenvalue weighted by molar-refractivity contribution is 7.91. The van der Waals surface area contributed by atoms with Crippen LogP contribution in [0.4, 0.5) is 0 Å². The maximum absolute atomic E-state index is 12.8. The van der Waals surface area contributed by atoms with E-state index in [-0.39, 0.29) is 23.7 Å². The molecule has 0 N–H and O–H groups in total. The van der Waals surface area contributed by atoms with Crippen LogP contribution in [0.2, 0.25) is 0 Å². The topological polar surface area (TPSA) is 78.0 Å². The summed E-state index contributed by atoms with van der Waals surface area (Å²) in [5.74, 6) is 0.461. The van der Waals surface area contributed by atoms with Gasteiger partial charge in [-0.1, -0.05) is 6.07 Å². The van der Waals surface area contributed by atoms with E-state index >= 15 is 0 Å². The lowest BCUT2D eigenvalue weighted by Gasteiger charge is -2.38. The summed E-state index contributed by atoms with van der Waals surface area (Å²) in [5.41, 5.74) is 0. The van der Waals surface area contributed by atoms with E-state index in [1.54, 1.807) is 17.5 Å². The summed E-state index contributed by atoms with van der Waals surface area (Å²) in [6.45, 7) is 3.18. The summed E-state index contributed by atoms with van der Waals surface area (Å²) >= 11 is 1.23. The van der Waals surface area contributed by atoms with Crippen LogP contribution in [0.3, 0.4) is 0 Å². The number of sulfonamides is 1. The SMILES string of the molecule is O=C(C1CC1)N1CCN(C(=O)C2CCN(S(=O)(=O)c3cccs3)CC2)CC1. The minimum atomic E-state index is -3.43. The second-order valence-electron chi connectivity index (χ2n) is 7.54. The van der Waals surface area contributed by atoms with Gasteiger partial charge in [-0.2, -0.15) is 4.31 Å². The van der Waals surface area contributed by atoms with Gasteiger partial charge in [0.25, 0.3) is 10.0 Å². The minimum absolute atomic E-state index is 0.113. The van der Waals surface area contributed by atoms with E-state index in [0.717, 1.165) is 12.8 Å². The first-order valence-electron chi connectivity index (χ1n) is 9.58. The third kappa shape index (κ3) is 3.90. The normalized spacial score (nSPS) is 22.8. The Labute approximate surface area is 164 Å². The number of carbonyl (C=O) groups excluding carboxylic acids is 2. The van der Waals surface area contributed by atoms with Crippen molar-refractivity contribution in [1.82, 2.24) is 14.1 Å². The van der Waals surface area contributed by atoms with Gasteiger partial charge in [0.05, 0.1) is 0 Å². The van der Waals surface area contributed by atoms with E-state index in [4.69, 9.17) is 0 Å². The highest BCUT2D eigenvalue weighted by Gasteiger charge is 2.37. The van der Waals surface area contributed by atoms with Crippen molar-refractivity contribution >= 4 is 33.2 Å². The molecule has 0 bridgehead atoms. The average Bonchev–Trinajstić information content (AvgIpc) is 3.40. The molecular weight excluding hydrogens is 386 g/mol. The zero-order valence-corrected chi connectivity index (χ0v) is 16.9. The molecule has 1 aromatic rings. The van der Waals surface area contributed by atoms with Crippen LogP contribution >= 0.6 is 11.3 Å². The zero-order valence-electron chi connectivity index (χ0n) is 15.2. The predicted molar refractivity (Wildman–Crippen MR) is 102 cm³/mol. The van der Waals surface area contributed by atoms with Crippen LogP contribution in [0.1, 0.15) is 25.7 Å². The Balaban J connectivity index is 1.28. The molecule has 0 radical (unpaired) electrons. The molecule has 0 spiro atoms. The zero-order chi connectivity index (χ0) is 19.0. The third-order valence-corrected chi connectivity index (χ3v) is 8.99. The molecule has 2 amide bonds. The van der Waals surface area contributed by atoms with Crippen molar-refractivity contribution in [3.8, 4) is 0 Å². The van der Waals surface area contributed by atoms with Crippen LogP contribution in [0.15, 0.2) is 21.7 Å². The van der Waals surface area contributed by atoms with Gasteiger partial charge in [-0.3, -0.25) is 9.59 Å². The summed E-state index contributed by atoms with van der Waals surface area (Å²) in [4.78, 5) is 28.7. The second kappa shape index (κ2) is 7.52. The lowest BCUT2D eigenvalue weighted by atomic mass is 9.96. The second-order valence-corrected chi connectivity index (χ2v) is 10.6. The van der Waals surface area contributed by atoms with Gasteiger partial charge in [0.15, 0.2) is 0 Å². The fourth-order valence-corrected chi connectivity index (χ4v) is 6.49. The van der Waals surface area contributed by atoms with E-state index in [1.165, 1.54) is 15.6 Å². The molecule has 9 heteroatoms. The van der Waals surface area contributed by atoms with Crippen molar-refractivity contribution in [3.63, 3.8) is 0 Å². The Kier molecular flexibility index (Phi) is 5.26. The summed E-state index contributed by atoms with van der Waals surface area (Å²) in [6, 6.07) is 3.36. The molecule has 3 heterocycles. The molecule has 3 fully saturated rings. The van der Waals surface area contributed by atoms with Gasteiger partial charge in [0.1, 0.15) is 4.21 Å². The van der Waals surface area contributed by atoms with Gasteiger partial charge in [0.2, 0.25) is 11.8 Å². The van der Waals surface area contributed by atoms with E-state index in [2.05, 4.69) is 0 Å². The highest BCUT2D eigenvalue weighted by Crippen LogP contribution is 2.31. The van der Waals surface area contributed by atoms with E-state index in [1.807, 2.05) is 9.80 Å². The number of thiophene rings is 1. The van der Waals surface area contributed by atoms with Crippen molar-refractivity contribution in [2.24, 2.45) is 11.8 Å². The Morgan fingerprint density at radius 1 is 0.852 bits per heavy atom. The Bertz CT molecular complexity index is 789. The van der Waals surface area contributed by atoms with Crippen LogP contribution < -0.4 is 0 Å². The van der Waals surface area contributed by atoms with E-state index < -0.39 is 10.0 Å². The van der Waals surface area contributed by atoms with E-state index in [0.29, 0.717) is 56.3 Å². The monoisotopic (exact) mass is 411 g/mol. The summed E-state index contributed by atoms with van der Waals surface area (Å²) in [5, 5.41) is 1.76. The average molecular weight is 412 g/mol. The Morgan fingerprint density at radius 3 is 1.81 bits per heavy atom. The molecule has 1 aliphatic carbocycles. The fraction of sp³-hybridized carbons (Fsp3) is 0.667. The third-order valence-electron chi connectivity index (χ3n) is 5.72. The highest BCUT2D eigenvalue weighted by atomic mass is 32.2. The standard InChI is InChI=1S/C18H25N3O4S2/c22-17(14-3-4-14)19-9-11-20(12-10-19)18(23)15-5-7-21(8-6-15)27(24,25)16-2-1-13-26-16/h1-2,13-15H,3-12H2. The molecule has 4 rings (SSSR count). The number of rotatable bonds is 4. The number of piperidine rings is 1. The maximum atomic E-state index is 12.8. The fourth-order valence-electron chi connectivity index (χ4n) is 3.87. The molecule has 2 saturated heterocycles.